The van der Waals surface area contributed by atoms with Gasteiger partial charge in [-0.1, -0.05) is 6.92 Å². The first-order chi connectivity index (χ1) is 4.00. The SMILES string of the molecule is CC(S)S.CCC(=O)O.[AsH3]. The molecule has 1 unspecified atom stereocenters. The number of hydrogen-bond acceptors (Lipinski definition) is 3. The summed E-state index contributed by atoms with van der Waals surface area (Å²) in [5, 5.41) is 7.72. The standard InChI is InChI=1S/C3H6O2.C2H6S2.AsH3/c1-2-3(4)5;1-2(3)4;/h2H2,1H3,(H,4,5);2-4H,1H3;1H3. The molecule has 5 heteroatoms. The summed E-state index contributed by atoms with van der Waals surface area (Å²) >= 11 is 7.66. The van der Waals surface area contributed by atoms with Crippen LogP contribution in [0.2, 0.25) is 0 Å². The molecule has 0 rings (SSSR count). The van der Waals surface area contributed by atoms with E-state index in [4.69, 9.17) is 5.11 Å². The van der Waals surface area contributed by atoms with Crippen LogP contribution in [0.1, 0.15) is 20.3 Å². The van der Waals surface area contributed by atoms with Crippen molar-refractivity contribution in [1.82, 2.24) is 0 Å². The van der Waals surface area contributed by atoms with Crippen molar-refractivity contribution in [2.75, 3.05) is 0 Å². The third kappa shape index (κ3) is 70.0. The van der Waals surface area contributed by atoms with Crippen LogP contribution in [-0.4, -0.2) is 33.6 Å². The minimum atomic E-state index is -0.745. The Morgan fingerprint density at radius 1 is 1.60 bits per heavy atom. The molecule has 0 spiro atoms. The van der Waals surface area contributed by atoms with Crippen LogP contribution in [0.15, 0.2) is 0 Å². The van der Waals surface area contributed by atoms with E-state index in [0.717, 1.165) is 0 Å². The van der Waals surface area contributed by atoms with Gasteiger partial charge in [0.2, 0.25) is 0 Å². The zero-order chi connectivity index (χ0) is 7.86. The second kappa shape index (κ2) is 12.4. The van der Waals surface area contributed by atoms with E-state index in [1.54, 1.807) is 6.92 Å². The summed E-state index contributed by atoms with van der Waals surface area (Å²) in [5.41, 5.74) is 0. The molecule has 0 aromatic heterocycles. The Morgan fingerprint density at radius 3 is 1.70 bits per heavy atom. The fourth-order valence-electron chi connectivity index (χ4n) is 0. The van der Waals surface area contributed by atoms with E-state index in [9.17, 15) is 4.79 Å². The van der Waals surface area contributed by atoms with Crippen LogP contribution in [0.3, 0.4) is 0 Å². The first-order valence-corrected chi connectivity index (χ1v) is 3.61. The second-order valence-electron chi connectivity index (χ2n) is 1.38. The first kappa shape index (κ1) is 17.0. The van der Waals surface area contributed by atoms with Crippen molar-refractivity contribution in [3.05, 3.63) is 0 Å². The monoisotopic (exact) mass is 246 g/mol. The molecule has 1 N–H and O–H groups in total. The van der Waals surface area contributed by atoms with E-state index in [-0.39, 0.29) is 29.0 Å². The van der Waals surface area contributed by atoms with E-state index in [1.807, 2.05) is 6.92 Å². The molecule has 2 nitrogen and oxygen atoms in total. The Balaban J connectivity index is -0.0000000910. The van der Waals surface area contributed by atoms with E-state index in [0.29, 0.717) is 0 Å². The Labute approximate surface area is 83.9 Å². The van der Waals surface area contributed by atoms with Gasteiger partial charge >= 0.3 is 23.9 Å². The fourth-order valence-corrected chi connectivity index (χ4v) is 0. The molecule has 0 aliphatic carbocycles. The van der Waals surface area contributed by atoms with Crippen LogP contribution in [0, 0.1) is 0 Å². The van der Waals surface area contributed by atoms with Crippen molar-refractivity contribution < 1.29 is 9.90 Å². The Morgan fingerprint density at radius 2 is 1.70 bits per heavy atom. The minimum absolute atomic E-state index is 0. The van der Waals surface area contributed by atoms with E-state index in [1.165, 1.54) is 0 Å². The summed E-state index contributed by atoms with van der Waals surface area (Å²) in [6.07, 6.45) is 0.222. The maximum atomic E-state index is 9.37. The molecule has 0 radical (unpaired) electrons. The number of hydrogen-bond donors (Lipinski definition) is 3. The summed E-state index contributed by atoms with van der Waals surface area (Å²) < 4.78 is 0.222. The van der Waals surface area contributed by atoms with Gasteiger partial charge in [-0.05, 0) is 6.92 Å². The number of aliphatic carboxylic acids is 1. The molecule has 10 heavy (non-hydrogen) atoms. The molecule has 0 aliphatic heterocycles. The predicted octanol–water partition coefficient (Wildman–Crippen LogP) is 0.489. The molecule has 0 saturated carbocycles. The van der Waals surface area contributed by atoms with Crippen LogP contribution >= 0.6 is 25.3 Å². The van der Waals surface area contributed by atoms with Crippen LogP contribution in [-0.2, 0) is 4.79 Å². The molecule has 0 aromatic rings. The molecule has 0 amide bonds. The Kier molecular flexibility index (Phi) is 21.1. The summed E-state index contributed by atoms with van der Waals surface area (Å²) in [5.74, 6) is -0.745. The molecule has 0 saturated heterocycles. The zero-order valence-corrected chi connectivity index (χ0v) is 11.0. The summed E-state index contributed by atoms with van der Waals surface area (Å²) in [7, 11) is 0. The molecule has 0 aromatic carbocycles. The van der Waals surface area contributed by atoms with Crippen molar-refractivity contribution in [1.29, 1.82) is 0 Å². The Bertz CT molecular complexity index is 75.3. The summed E-state index contributed by atoms with van der Waals surface area (Å²) in [6, 6.07) is 0. The first-order valence-electron chi connectivity index (χ1n) is 2.58. The van der Waals surface area contributed by atoms with Crippen LogP contribution in [0.25, 0.3) is 0 Å². The van der Waals surface area contributed by atoms with Crippen molar-refractivity contribution in [2.24, 2.45) is 0 Å². The molecule has 64 valence electrons. The van der Waals surface area contributed by atoms with Crippen molar-refractivity contribution in [3.63, 3.8) is 0 Å². The number of carboxylic acid groups (broad SMARTS) is 1. The average Bonchev–Trinajstić information content (AvgIpc) is 1.65. The van der Waals surface area contributed by atoms with E-state index in [2.05, 4.69) is 25.3 Å². The van der Waals surface area contributed by atoms with Gasteiger partial charge in [0.15, 0.2) is 0 Å². The van der Waals surface area contributed by atoms with Crippen LogP contribution in [0.5, 0.6) is 0 Å². The molecule has 0 heterocycles. The average molecular weight is 246 g/mol. The maximum absolute atomic E-state index is 9.37. The van der Waals surface area contributed by atoms with Crippen LogP contribution < -0.4 is 0 Å². The third-order valence-electron chi connectivity index (χ3n) is 0.302. The molecule has 0 bridgehead atoms. The van der Waals surface area contributed by atoms with Gasteiger partial charge in [-0.3, -0.25) is 4.79 Å². The van der Waals surface area contributed by atoms with Crippen molar-refractivity contribution in [3.8, 4) is 0 Å². The van der Waals surface area contributed by atoms with Gasteiger partial charge in [0.05, 0.1) is 0 Å². The van der Waals surface area contributed by atoms with Crippen LogP contribution in [0.4, 0.5) is 0 Å². The fraction of sp³-hybridized carbons (Fsp3) is 0.800. The number of carboxylic acids is 1. The van der Waals surface area contributed by atoms with E-state index < -0.39 is 5.97 Å². The summed E-state index contributed by atoms with van der Waals surface area (Å²) in [4.78, 5) is 9.37. The third-order valence-corrected chi connectivity index (χ3v) is 0.302. The second-order valence-corrected chi connectivity index (χ2v) is 3.34. The number of thiol groups is 2. The predicted molar refractivity (Wildman–Crippen MR) is 55.3 cm³/mol. The molecule has 1 atom stereocenters. The van der Waals surface area contributed by atoms with Gasteiger partial charge in [-0.2, -0.15) is 25.3 Å². The van der Waals surface area contributed by atoms with Gasteiger partial charge in [0.1, 0.15) is 0 Å². The number of rotatable bonds is 1. The normalized spacial score (nSPS) is 7.30. The number of carbonyl (C=O) groups is 1. The summed E-state index contributed by atoms with van der Waals surface area (Å²) in [6.45, 7) is 3.49. The molecule has 0 aliphatic rings. The van der Waals surface area contributed by atoms with Crippen molar-refractivity contribution >= 4 is 49.2 Å². The Hall–Kier alpha value is 0.728. The van der Waals surface area contributed by atoms with Gasteiger partial charge in [0, 0.05) is 11.0 Å². The topological polar surface area (TPSA) is 37.3 Å². The molecular formula is C5H15AsO2S2. The van der Waals surface area contributed by atoms with Gasteiger partial charge in [-0.25, -0.2) is 0 Å². The van der Waals surface area contributed by atoms with Gasteiger partial charge in [-0.15, -0.1) is 0 Å². The quantitative estimate of drug-likeness (QED) is 0.358. The zero-order valence-electron chi connectivity index (χ0n) is 6.24. The van der Waals surface area contributed by atoms with Crippen molar-refractivity contribution in [2.45, 2.75) is 24.9 Å². The molecule has 0 fully saturated rings. The van der Waals surface area contributed by atoms with Gasteiger partial charge in [0.25, 0.3) is 0 Å². The molecular weight excluding hydrogens is 231 g/mol. The van der Waals surface area contributed by atoms with Gasteiger partial charge < -0.3 is 5.11 Å². The van der Waals surface area contributed by atoms with E-state index >= 15 is 0 Å².